The van der Waals surface area contributed by atoms with Gasteiger partial charge in [0.25, 0.3) is 0 Å². The molecule has 0 fully saturated rings. The summed E-state index contributed by atoms with van der Waals surface area (Å²) in [5.74, 6) is 0.511. The van der Waals surface area contributed by atoms with Crippen molar-refractivity contribution >= 4 is 33.1 Å². The maximum atomic E-state index is 5.52. The summed E-state index contributed by atoms with van der Waals surface area (Å²) < 4.78 is 1.17. The molecule has 1 atom stereocenters. The lowest BCUT2D eigenvalue weighted by Crippen LogP contribution is -2.13. The molecule has 0 bridgehead atoms. The second kappa shape index (κ2) is 5.61. The van der Waals surface area contributed by atoms with Gasteiger partial charge in [0.2, 0.25) is 0 Å². The Hall–Kier alpha value is -0.410. The van der Waals surface area contributed by atoms with Crippen LogP contribution in [0.3, 0.4) is 0 Å². The first-order valence-corrected chi connectivity index (χ1v) is 6.22. The average molecular weight is 286 g/mol. The smallest absolute Gasteiger partial charge is 0.0730 e. The molecule has 1 nitrogen and oxygen atoms in total. The number of nitrogens with two attached hydrogens (primary N) is 1. The third kappa shape index (κ3) is 4.31. The van der Waals surface area contributed by atoms with E-state index < -0.39 is 0 Å². The second-order valence-electron chi connectivity index (χ2n) is 4.06. The van der Waals surface area contributed by atoms with Gasteiger partial charge in [0.15, 0.2) is 0 Å². The zero-order chi connectivity index (χ0) is 11.4. The van der Waals surface area contributed by atoms with E-state index in [9.17, 15) is 0 Å². The largest absolute Gasteiger partial charge is 0.393 e. The van der Waals surface area contributed by atoms with Crippen molar-refractivity contribution in [3.63, 3.8) is 0 Å². The lowest BCUT2D eigenvalue weighted by atomic mass is 9.97. The molecule has 0 radical (unpaired) electrons. The van der Waals surface area contributed by atoms with Crippen LogP contribution in [0.4, 0.5) is 0 Å². The van der Waals surface area contributed by atoms with Gasteiger partial charge < -0.3 is 5.73 Å². The fourth-order valence-corrected chi connectivity index (χ4v) is 2.29. The monoisotopic (exact) mass is 285 g/mol. The quantitative estimate of drug-likeness (QED) is 0.856. The summed E-state index contributed by atoms with van der Waals surface area (Å²) in [5.41, 5.74) is 8.12. The van der Waals surface area contributed by atoms with Crippen LogP contribution in [0.25, 0.3) is 0 Å². The van der Waals surface area contributed by atoms with Crippen molar-refractivity contribution in [1.29, 1.82) is 0 Å². The average Bonchev–Trinajstić information content (AvgIpc) is 2.10. The highest BCUT2D eigenvalue weighted by Gasteiger charge is 2.06. The lowest BCUT2D eigenvalue weighted by Gasteiger charge is -2.11. The number of hydrogen-bond acceptors (Lipinski definition) is 1. The van der Waals surface area contributed by atoms with Gasteiger partial charge in [-0.1, -0.05) is 47.2 Å². The first-order valence-electron chi connectivity index (χ1n) is 5.02. The second-order valence-corrected chi connectivity index (χ2v) is 5.44. The molecule has 0 aliphatic heterocycles. The van der Waals surface area contributed by atoms with Crippen LogP contribution in [0.1, 0.15) is 24.5 Å². The summed E-state index contributed by atoms with van der Waals surface area (Å²) in [4.78, 5) is 0.605. The van der Waals surface area contributed by atoms with Crippen molar-refractivity contribution in [1.82, 2.24) is 0 Å². The molecular weight excluding hydrogens is 270 g/mol. The summed E-state index contributed by atoms with van der Waals surface area (Å²) in [7, 11) is 0. The van der Waals surface area contributed by atoms with Crippen molar-refractivity contribution in [2.45, 2.75) is 26.7 Å². The lowest BCUT2D eigenvalue weighted by molar-refractivity contribution is 0.607. The number of halogens is 1. The van der Waals surface area contributed by atoms with Gasteiger partial charge in [0.05, 0.1) is 4.99 Å². The highest BCUT2D eigenvalue weighted by atomic mass is 79.9. The SMILES string of the molecule is Cc1ccc(CC(C)CC(N)=S)cc1Br. The van der Waals surface area contributed by atoms with E-state index in [0.717, 1.165) is 12.8 Å². The van der Waals surface area contributed by atoms with E-state index in [1.165, 1.54) is 15.6 Å². The van der Waals surface area contributed by atoms with Gasteiger partial charge in [-0.3, -0.25) is 0 Å². The van der Waals surface area contributed by atoms with Crippen LogP contribution in [0.15, 0.2) is 22.7 Å². The Labute approximate surface area is 105 Å². The van der Waals surface area contributed by atoms with Gasteiger partial charge in [-0.05, 0) is 36.5 Å². The maximum Gasteiger partial charge on any atom is 0.0730 e. The summed E-state index contributed by atoms with van der Waals surface area (Å²) in [5, 5.41) is 0. The topological polar surface area (TPSA) is 26.0 Å². The fourth-order valence-electron chi connectivity index (χ4n) is 1.58. The minimum absolute atomic E-state index is 0.511. The van der Waals surface area contributed by atoms with Crippen LogP contribution in [0, 0.1) is 12.8 Å². The van der Waals surface area contributed by atoms with E-state index in [0.29, 0.717) is 10.9 Å². The normalized spacial score (nSPS) is 12.5. The van der Waals surface area contributed by atoms with Crippen LogP contribution >= 0.6 is 28.1 Å². The molecule has 0 aliphatic carbocycles. The Bertz CT molecular complexity index is 363. The molecule has 82 valence electrons. The van der Waals surface area contributed by atoms with E-state index >= 15 is 0 Å². The van der Waals surface area contributed by atoms with Crippen LogP contribution in [0.5, 0.6) is 0 Å². The minimum Gasteiger partial charge on any atom is -0.393 e. The van der Waals surface area contributed by atoms with Gasteiger partial charge in [-0.25, -0.2) is 0 Å². The van der Waals surface area contributed by atoms with Crippen LogP contribution in [0.2, 0.25) is 0 Å². The van der Waals surface area contributed by atoms with Gasteiger partial charge in [-0.2, -0.15) is 0 Å². The zero-order valence-corrected chi connectivity index (χ0v) is 11.5. The van der Waals surface area contributed by atoms with E-state index in [1.54, 1.807) is 0 Å². The predicted molar refractivity (Wildman–Crippen MR) is 73.1 cm³/mol. The van der Waals surface area contributed by atoms with Gasteiger partial charge in [0, 0.05) is 10.9 Å². The van der Waals surface area contributed by atoms with Crippen molar-refractivity contribution in [2.24, 2.45) is 11.7 Å². The molecule has 1 aromatic carbocycles. The molecule has 15 heavy (non-hydrogen) atoms. The molecular formula is C12H16BrNS. The first kappa shape index (κ1) is 12.7. The molecule has 0 amide bonds. The molecule has 1 aromatic rings. The molecule has 0 saturated carbocycles. The fraction of sp³-hybridized carbons (Fsp3) is 0.417. The van der Waals surface area contributed by atoms with Gasteiger partial charge >= 0.3 is 0 Å². The summed E-state index contributed by atoms with van der Waals surface area (Å²) in [6.07, 6.45) is 1.84. The van der Waals surface area contributed by atoms with Gasteiger partial charge in [0.1, 0.15) is 0 Å². The molecule has 2 N–H and O–H groups in total. The Kier molecular flexibility index (Phi) is 4.74. The highest BCUT2D eigenvalue weighted by molar-refractivity contribution is 9.10. The van der Waals surface area contributed by atoms with Crippen LogP contribution in [-0.2, 0) is 6.42 Å². The number of hydrogen-bond donors (Lipinski definition) is 1. The predicted octanol–water partition coefficient (Wildman–Crippen LogP) is 3.61. The molecule has 1 rings (SSSR count). The first-order chi connectivity index (χ1) is 6.99. The van der Waals surface area contributed by atoms with Crippen molar-refractivity contribution in [3.8, 4) is 0 Å². The highest BCUT2D eigenvalue weighted by Crippen LogP contribution is 2.20. The van der Waals surface area contributed by atoms with Crippen LogP contribution in [-0.4, -0.2) is 4.99 Å². The van der Waals surface area contributed by atoms with Crippen molar-refractivity contribution < 1.29 is 0 Å². The minimum atomic E-state index is 0.511. The Morgan fingerprint density at radius 2 is 2.20 bits per heavy atom. The molecule has 0 aromatic heterocycles. The van der Waals surface area contributed by atoms with E-state index in [2.05, 4.69) is 48.0 Å². The van der Waals surface area contributed by atoms with Crippen molar-refractivity contribution in [2.75, 3.05) is 0 Å². The third-order valence-corrected chi connectivity index (χ3v) is 3.39. The molecule has 0 spiro atoms. The Balaban J connectivity index is 2.64. The van der Waals surface area contributed by atoms with Crippen molar-refractivity contribution in [3.05, 3.63) is 33.8 Å². The Morgan fingerprint density at radius 3 is 2.73 bits per heavy atom. The number of thiocarbonyl (C=S) groups is 1. The summed E-state index contributed by atoms with van der Waals surface area (Å²) >= 11 is 8.44. The summed E-state index contributed by atoms with van der Waals surface area (Å²) in [6, 6.07) is 6.47. The zero-order valence-electron chi connectivity index (χ0n) is 9.09. The van der Waals surface area contributed by atoms with E-state index in [-0.39, 0.29) is 0 Å². The maximum absolute atomic E-state index is 5.52. The van der Waals surface area contributed by atoms with Gasteiger partial charge in [-0.15, -0.1) is 0 Å². The number of aryl methyl sites for hydroxylation is 1. The number of rotatable bonds is 4. The third-order valence-electron chi connectivity index (χ3n) is 2.37. The summed E-state index contributed by atoms with van der Waals surface area (Å²) in [6.45, 7) is 4.26. The molecule has 0 heterocycles. The van der Waals surface area contributed by atoms with Crippen LogP contribution < -0.4 is 5.73 Å². The Morgan fingerprint density at radius 1 is 1.53 bits per heavy atom. The molecule has 0 saturated heterocycles. The molecule has 0 aliphatic rings. The molecule has 3 heteroatoms. The number of benzene rings is 1. The molecule has 1 unspecified atom stereocenters. The van der Waals surface area contributed by atoms with E-state index in [1.807, 2.05) is 0 Å². The van der Waals surface area contributed by atoms with E-state index in [4.69, 9.17) is 18.0 Å². The standard InChI is InChI=1S/C12H16BrNS/c1-8(6-12(14)15)5-10-4-3-9(2)11(13)7-10/h3-4,7-8H,5-6H2,1-2H3,(H2,14,15).